The Morgan fingerprint density at radius 1 is 1.18 bits per heavy atom. The largest absolute Gasteiger partial charge is 0.326 e. The van der Waals surface area contributed by atoms with Gasteiger partial charge in [0.2, 0.25) is 5.91 Å². The first-order valence-corrected chi connectivity index (χ1v) is 7.96. The molecule has 0 radical (unpaired) electrons. The maximum absolute atomic E-state index is 12.1. The van der Waals surface area contributed by atoms with Crippen LogP contribution in [0, 0.1) is 21.4 Å². The molecule has 2 amide bonds. The van der Waals surface area contributed by atoms with Gasteiger partial charge in [-0.05, 0) is 29.3 Å². The standard InChI is InChI=1S/C19H15N5O4/c1-13(25)22-17-7-5-14(6-8-17)12-21-23-19(26)16(11-20)9-15-3-2-4-18(10-15)24(27)28/h2-10,12H,1H3,(H,22,25)(H,23,26)/b16-9+,21-12-. The monoisotopic (exact) mass is 377 g/mol. The number of nitrogens with zero attached hydrogens (tertiary/aromatic N) is 3. The molecule has 0 unspecified atom stereocenters. The van der Waals surface area contributed by atoms with Crippen LogP contribution in [0.4, 0.5) is 11.4 Å². The van der Waals surface area contributed by atoms with E-state index in [1.54, 1.807) is 30.3 Å². The fourth-order valence-corrected chi connectivity index (χ4v) is 2.12. The van der Waals surface area contributed by atoms with Crippen LogP contribution < -0.4 is 10.7 Å². The van der Waals surface area contributed by atoms with Gasteiger partial charge in [0, 0.05) is 24.7 Å². The van der Waals surface area contributed by atoms with E-state index in [1.807, 2.05) is 0 Å². The maximum Gasteiger partial charge on any atom is 0.282 e. The lowest BCUT2D eigenvalue weighted by Crippen LogP contribution is -2.19. The number of nitro benzene ring substituents is 1. The van der Waals surface area contributed by atoms with Crippen molar-refractivity contribution in [1.29, 1.82) is 5.26 Å². The molecule has 2 aromatic rings. The van der Waals surface area contributed by atoms with Crippen LogP contribution in [-0.2, 0) is 9.59 Å². The summed E-state index contributed by atoms with van der Waals surface area (Å²) in [6, 6.07) is 14.0. The van der Waals surface area contributed by atoms with Crippen LogP contribution in [0.1, 0.15) is 18.1 Å². The normalized spacial score (nSPS) is 10.9. The highest BCUT2D eigenvalue weighted by Gasteiger charge is 2.10. The number of nitrogens with one attached hydrogen (secondary N) is 2. The highest BCUT2D eigenvalue weighted by atomic mass is 16.6. The molecule has 0 aromatic heterocycles. The van der Waals surface area contributed by atoms with Crippen molar-refractivity contribution >= 4 is 35.5 Å². The average molecular weight is 377 g/mol. The molecular formula is C19H15N5O4. The Bertz CT molecular complexity index is 1000. The van der Waals surface area contributed by atoms with Crippen molar-refractivity contribution in [1.82, 2.24) is 5.43 Å². The second-order valence-electron chi connectivity index (χ2n) is 5.52. The van der Waals surface area contributed by atoms with Crippen LogP contribution in [0.5, 0.6) is 0 Å². The Balaban J connectivity index is 2.05. The molecule has 2 N–H and O–H groups in total. The minimum Gasteiger partial charge on any atom is -0.326 e. The van der Waals surface area contributed by atoms with Gasteiger partial charge in [-0.1, -0.05) is 24.3 Å². The molecule has 28 heavy (non-hydrogen) atoms. The zero-order chi connectivity index (χ0) is 20.5. The lowest BCUT2D eigenvalue weighted by Gasteiger charge is -2.02. The number of hydrogen-bond donors (Lipinski definition) is 2. The van der Waals surface area contributed by atoms with Crippen molar-refractivity contribution < 1.29 is 14.5 Å². The van der Waals surface area contributed by atoms with Crippen molar-refractivity contribution in [3.05, 3.63) is 75.3 Å². The molecule has 140 valence electrons. The molecule has 0 saturated carbocycles. The number of non-ortho nitro benzene ring substituents is 1. The van der Waals surface area contributed by atoms with Gasteiger partial charge >= 0.3 is 0 Å². The van der Waals surface area contributed by atoms with E-state index in [9.17, 15) is 19.7 Å². The Hall–Kier alpha value is -4.32. The third-order valence-electron chi connectivity index (χ3n) is 3.37. The zero-order valence-corrected chi connectivity index (χ0v) is 14.7. The smallest absolute Gasteiger partial charge is 0.282 e. The molecule has 0 spiro atoms. The van der Waals surface area contributed by atoms with Gasteiger partial charge in [-0.3, -0.25) is 19.7 Å². The van der Waals surface area contributed by atoms with E-state index in [2.05, 4.69) is 15.8 Å². The molecule has 0 heterocycles. The van der Waals surface area contributed by atoms with Gasteiger partial charge in [-0.25, -0.2) is 5.43 Å². The van der Waals surface area contributed by atoms with Gasteiger partial charge in [0.15, 0.2) is 0 Å². The van der Waals surface area contributed by atoms with Crippen LogP contribution >= 0.6 is 0 Å². The number of carbonyl (C=O) groups is 2. The fraction of sp³-hybridized carbons (Fsp3) is 0.0526. The second kappa shape index (κ2) is 9.40. The number of amides is 2. The van der Waals surface area contributed by atoms with Crippen LogP contribution in [-0.4, -0.2) is 23.0 Å². The van der Waals surface area contributed by atoms with Crippen molar-refractivity contribution in [3.63, 3.8) is 0 Å². The minimum absolute atomic E-state index is 0.146. The van der Waals surface area contributed by atoms with Crippen molar-refractivity contribution in [2.24, 2.45) is 5.10 Å². The summed E-state index contributed by atoms with van der Waals surface area (Å²) < 4.78 is 0. The summed E-state index contributed by atoms with van der Waals surface area (Å²) in [7, 11) is 0. The van der Waals surface area contributed by atoms with Gasteiger partial charge in [0.25, 0.3) is 11.6 Å². The summed E-state index contributed by atoms with van der Waals surface area (Å²) in [6.07, 6.45) is 2.61. The molecular weight excluding hydrogens is 362 g/mol. The van der Waals surface area contributed by atoms with E-state index < -0.39 is 10.8 Å². The molecule has 0 bridgehead atoms. The van der Waals surface area contributed by atoms with Gasteiger partial charge in [0.05, 0.1) is 11.1 Å². The number of carbonyl (C=O) groups excluding carboxylic acids is 2. The van der Waals surface area contributed by atoms with Gasteiger partial charge in [0.1, 0.15) is 11.6 Å². The Morgan fingerprint density at radius 2 is 1.89 bits per heavy atom. The van der Waals surface area contributed by atoms with Gasteiger partial charge < -0.3 is 5.32 Å². The van der Waals surface area contributed by atoms with Crippen LogP contribution in [0.2, 0.25) is 0 Å². The molecule has 2 aromatic carbocycles. The average Bonchev–Trinajstić information content (AvgIpc) is 2.67. The van der Waals surface area contributed by atoms with E-state index in [0.717, 1.165) is 0 Å². The van der Waals surface area contributed by atoms with E-state index >= 15 is 0 Å². The Morgan fingerprint density at radius 3 is 2.50 bits per heavy atom. The van der Waals surface area contributed by atoms with E-state index in [4.69, 9.17) is 5.26 Å². The van der Waals surface area contributed by atoms with Crippen LogP contribution in [0.3, 0.4) is 0 Å². The zero-order valence-electron chi connectivity index (χ0n) is 14.7. The first-order valence-electron chi connectivity index (χ1n) is 7.96. The van der Waals surface area contributed by atoms with Gasteiger partial charge in [-0.15, -0.1) is 0 Å². The minimum atomic E-state index is -0.750. The molecule has 9 heteroatoms. The quantitative estimate of drug-likeness (QED) is 0.262. The summed E-state index contributed by atoms with van der Waals surface area (Å²) in [5.74, 6) is -0.937. The van der Waals surface area contributed by atoms with Crippen molar-refractivity contribution in [3.8, 4) is 6.07 Å². The first kappa shape index (κ1) is 20.0. The Kier molecular flexibility index (Phi) is 6.71. The third kappa shape index (κ3) is 5.89. The highest BCUT2D eigenvalue weighted by Crippen LogP contribution is 2.15. The predicted octanol–water partition coefficient (Wildman–Crippen LogP) is 2.61. The molecule has 0 atom stereocenters. The lowest BCUT2D eigenvalue weighted by atomic mass is 10.1. The summed E-state index contributed by atoms with van der Waals surface area (Å²) in [5.41, 5.74) is 3.46. The number of hydrazone groups is 1. The molecule has 0 fully saturated rings. The highest BCUT2D eigenvalue weighted by molar-refractivity contribution is 6.02. The van der Waals surface area contributed by atoms with Crippen molar-refractivity contribution in [2.45, 2.75) is 6.92 Å². The molecule has 0 aliphatic heterocycles. The number of nitro groups is 1. The Labute approximate surface area is 160 Å². The van der Waals surface area contributed by atoms with Crippen LogP contribution in [0.15, 0.2) is 59.2 Å². The van der Waals surface area contributed by atoms with Crippen LogP contribution in [0.25, 0.3) is 6.08 Å². The predicted molar refractivity (Wildman–Crippen MR) is 103 cm³/mol. The lowest BCUT2D eigenvalue weighted by molar-refractivity contribution is -0.384. The fourth-order valence-electron chi connectivity index (χ4n) is 2.12. The summed E-state index contributed by atoms with van der Waals surface area (Å²) in [5, 5.41) is 26.3. The van der Waals surface area contributed by atoms with Crippen molar-refractivity contribution in [2.75, 3.05) is 5.32 Å². The topological polar surface area (TPSA) is 137 Å². The number of benzene rings is 2. The first-order chi connectivity index (χ1) is 13.4. The third-order valence-corrected chi connectivity index (χ3v) is 3.37. The number of nitriles is 1. The van der Waals surface area contributed by atoms with E-state index in [1.165, 1.54) is 43.5 Å². The number of anilines is 1. The van der Waals surface area contributed by atoms with E-state index in [0.29, 0.717) is 16.8 Å². The molecule has 0 aliphatic rings. The van der Waals surface area contributed by atoms with E-state index in [-0.39, 0.29) is 17.2 Å². The van der Waals surface area contributed by atoms with Gasteiger partial charge in [-0.2, -0.15) is 10.4 Å². The molecule has 9 nitrogen and oxygen atoms in total. The number of hydrogen-bond acceptors (Lipinski definition) is 6. The SMILES string of the molecule is CC(=O)Nc1ccc(/C=N\NC(=O)/C(C#N)=C/c2cccc([N+](=O)[O-])c2)cc1. The number of rotatable bonds is 6. The second-order valence-corrected chi connectivity index (χ2v) is 5.52. The molecule has 2 rings (SSSR count). The summed E-state index contributed by atoms with van der Waals surface area (Å²) >= 11 is 0. The maximum atomic E-state index is 12.1. The molecule has 0 saturated heterocycles. The summed E-state index contributed by atoms with van der Waals surface area (Å²) in [4.78, 5) is 33.3. The molecule has 0 aliphatic carbocycles. The summed E-state index contributed by atoms with van der Waals surface area (Å²) in [6.45, 7) is 1.40.